The highest BCUT2D eigenvalue weighted by Gasteiger charge is 2.40. The summed E-state index contributed by atoms with van der Waals surface area (Å²) < 4.78 is 21.2. The van der Waals surface area contributed by atoms with Crippen molar-refractivity contribution < 1.29 is 33.0 Å². The van der Waals surface area contributed by atoms with Crippen molar-refractivity contribution in [2.24, 2.45) is 11.8 Å². The number of methoxy groups -OCH3 is 2. The van der Waals surface area contributed by atoms with Gasteiger partial charge in [0.2, 0.25) is 0 Å². The number of aromatic nitrogens is 2. The van der Waals surface area contributed by atoms with E-state index in [1.807, 2.05) is 45.3 Å². The molecule has 4 aromatic rings. The van der Waals surface area contributed by atoms with Gasteiger partial charge in [-0.05, 0) is 134 Å². The number of anilines is 2. The van der Waals surface area contributed by atoms with E-state index in [2.05, 4.69) is 116 Å². The number of nitrogens with zero attached hydrogens (tertiary/aromatic N) is 6. The molecule has 414 valence electrons. The van der Waals surface area contributed by atoms with Gasteiger partial charge in [-0.2, -0.15) is 0 Å². The Balaban J connectivity index is 0.000000224. The average Bonchev–Trinajstić information content (AvgIpc) is 3.82. The van der Waals surface area contributed by atoms with Crippen LogP contribution in [0.5, 0.6) is 0 Å². The van der Waals surface area contributed by atoms with Crippen molar-refractivity contribution in [1.29, 1.82) is 0 Å². The van der Waals surface area contributed by atoms with Gasteiger partial charge in [-0.1, -0.05) is 76.4 Å². The molecule has 1 saturated carbocycles. The number of hydrogen-bond donors (Lipinski definition) is 1. The average molecular weight is 1050 g/mol. The third-order valence-electron chi connectivity index (χ3n) is 15.5. The Bertz CT molecular complexity index is 2430. The van der Waals surface area contributed by atoms with Gasteiger partial charge in [-0.3, -0.25) is 19.7 Å². The lowest BCUT2D eigenvalue weighted by molar-refractivity contribution is -0.142. The number of piperidine rings is 1. The summed E-state index contributed by atoms with van der Waals surface area (Å²) in [4.78, 5) is 53.7. The predicted octanol–water partition coefficient (Wildman–Crippen LogP) is 11.9. The Morgan fingerprint density at radius 1 is 0.720 bits per heavy atom. The molecule has 0 spiro atoms. The van der Waals surface area contributed by atoms with Crippen LogP contribution in [0.3, 0.4) is 0 Å². The summed E-state index contributed by atoms with van der Waals surface area (Å²) in [5.41, 5.74) is 6.78. The van der Waals surface area contributed by atoms with Crippen molar-refractivity contribution in [3.8, 4) is 0 Å². The molecule has 3 aliphatic heterocycles. The van der Waals surface area contributed by atoms with Crippen molar-refractivity contribution in [3.63, 3.8) is 0 Å². The van der Waals surface area contributed by atoms with Gasteiger partial charge in [-0.15, -0.1) is 0 Å². The van der Waals surface area contributed by atoms with E-state index in [4.69, 9.17) is 23.6 Å². The van der Waals surface area contributed by atoms with Crippen LogP contribution in [0.15, 0.2) is 73.4 Å². The molecule has 1 N–H and O–H groups in total. The van der Waals surface area contributed by atoms with Crippen molar-refractivity contribution in [3.05, 3.63) is 84.6 Å². The molecule has 8 rings (SSSR count). The molecule has 1 unspecified atom stereocenters. The second kappa shape index (κ2) is 28.8. The second-order valence-electron chi connectivity index (χ2n) is 23.2. The van der Waals surface area contributed by atoms with E-state index in [0.717, 1.165) is 107 Å². The van der Waals surface area contributed by atoms with Crippen LogP contribution in [0.1, 0.15) is 117 Å². The smallest absolute Gasteiger partial charge is 0.410 e. The molecule has 15 heteroatoms. The molecule has 4 fully saturated rings. The molecule has 1 amide bonds. The fourth-order valence-corrected chi connectivity index (χ4v) is 11.2. The van der Waals surface area contributed by atoms with Gasteiger partial charge in [0.25, 0.3) is 14.3 Å². The van der Waals surface area contributed by atoms with Gasteiger partial charge < -0.3 is 43.4 Å². The Morgan fingerprint density at radius 2 is 1.29 bits per heavy atom. The number of rotatable bonds is 10. The highest BCUT2D eigenvalue weighted by Crippen LogP contribution is 2.38. The lowest BCUT2D eigenvalue weighted by Gasteiger charge is -2.41. The number of ether oxygens (including phenoxy) is 3. The maximum absolute atomic E-state index is 12.6. The van der Waals surface area contributed by atoms with E-state index in [9.17, 15) is 14.4 Å². The van der Waals surface area contributed by atoms with Gasteiger partial charge in [0, 0.05) is 94.0 Å². The van der Waals surface area contributed by atoms with Crippen LogP contribution in [0.4, 0.5) is 16.2 Å². The van der Waals surface area contributed by atoms with Crippen molar-refractivity contribution >= 4 is 59.8 Å². The zero-order chi connectivity index (χ0) is 54.8. The Kier molecular flexibility index (Phi) is 23.2. The van der Waals surface area contributed by atoms with E-state index in [1.54, 1.807) is 12.0 Å². The third kappa shape index (κ3) is 18.2. The first kappa shape index (κ1) is 60.6. The van der Waals surface area contributed by atoms with Crippen LogP contribution in [0.25, 0.3) is 21.8 Å². The molecule has 3 saturated heterocycles. The van der Waals surface area contributed by atoms with E-state index < -0.39 is 13.9 Å². The number of carbonyl (C=O) groups is 3. The van der Waals surface area contributed by atoms with Crippen LogP contribution in [-0.2, 0) is 28.2 Å². The minimum atomic E-state index is -1.71. The summed E-state index contributed by atoms with van der Waals surface area (Å²) in [7, 11) is 1.33. The maximum Gasteiger partial charge on any atom is 0.410 e. The minimum Gasteiger partial charge on any atom is -0.519 e. The van der Waals surface area contributed by atoms with E-state index in [0.29, 0.717) is 37.3 Å². The highest BCUT2D eigenvalue weighted by atomic mass is 28.4. The van der Waals surface area contributed by atoms with Gasteiger partial charge in [-0.25, -0.2) is 4.79 Å². The molecule has 1 atom stereocenters. The number of hydrogen-bond acceptors (Lipinski definition) is 13. The topological polar surface area (TPSA) is 139 Å². The number of amides is 1. The lowest BCUT2D eigenvalue weighted by atomic mass is 9.86. The normalized spacial score (nSPS) is 17.8. The van der Waals surface area contributed by atoms with Gasteiger partial charge in [0.15, 0.2) is 0 Å². The third-order valence-corrected chi connectivity index (χ3v) is 19.8. The van der Waals surface area contributed by atoms with Gasteiger partial charge >= 0.3 is 12.1 Å². The molecule has 1 aliphatic carbocycles. The van der Waals surface area contributed by atoms with Gasteiger partial charge in [0.1, 0.15) is 11.9 Å². The van der Waals surface area contributed by atoms with Crippen LogP contribution in [-0.4, -0.2) is 138 Å². The lowest BCUT2D eigenvalue weighted by Crippen LogP contribution is -2.49. The van der Waals surface area contributed by atoms with E-state index >= 15 is 0 Å². The first-order valence-corrected chi connectivity index (χ1v) is 30.6. The number of nitrogens with one attached hydrogen (secondary N) is 1. The molecular weight excluding hydrogens is 959 g/mol. The predicted molar refractivity (Wildman–Crippen MR) is 309 cm³/mol. The second-order valence-corrected chi connectivity index (χ2v) is 27.9. The Labute approximate surface area is 451 Å². The molecule has 0 radical (unpaired) electrons. The van der Waals surface area contributed by atoms with Gasteiger partial charge in [0.05, 0.1) is 43.0 Å². The van der Waals surface area contributed by atoms with E-state index in [1.165, 1.54) is 60.7 Å². The van der Waals surface area contributed by atoms with Crippen LogP contribution >= 0.6 is 0 Å². The van der Waals surface area contributed by atoms with Crippen LogP contribution in [0.2, 0.25) is 18.1 Å². The summed E-state index contributed by atoms with van der Waals surface area (Å²) >= 11 is 0. The highest BCUT2D eigenvalue weighted by molar-refractivity contribution is 6.74. The number of fused-ring (bicyclic) bond motifs is 2. The van der Waals surface area contributed by atoms with Crippen LogP contribution in [0, 0.1) is 25.7 Å². The van der Waals surface area contributed by atoms with Crippen molar-refractivity contribution in [2.75, 3.05) is 89.5 Å². The summed E-state index contributed by atoms with van der Waals surface area (Å²) in [6, 6.07) is 17.0. The molecular formula is C60H93N7O7Si. The number of pyridine rings is 2. The summed E-state index contributed by atoms with van der Waals surface area (Å²) in [6.07, 6.45) is 15.1. The quantitative estimate of drug-likeness (QED) is 0.0698. The van der Waals surface area contributed by atoms with Crippen LogP contribution < -0.4 is 15.1 Å². The zero-order valence-corrected chi connectivity index (χ0v) is 49.0. The largest absolute Gasteiger partial charge is 0.519 e. The first-order valence-electron chi connectivity index (χ1n) is 27.7. The first-order chi connectivity index (χ1) is 35.7. The fourth-order valence-electron chi connectivity index (χ4n) is 10.2. The molecule has 5 heterocycles. The number of esters is 1. The number of aldehydes is 1. The summed E-state index contributed by atoms with van der Waals surface area (Å²) in [5.74, 6) is 0.991. The molecule has 14 nitrogen and oxygen atoms in total. The molecule has 4 aliphatic rings. The zero-order valence-electron chi connectivity index (χ0n) is 48.0. The van der Waals surface area contributed by atoms with Crippen molar-refractivity contribution in [1.82, 2.24) is 25.1 Å². The monoisotopic (exact) mass is 1050 g/mol. The summed E-state index contributed by atoms with van der Waals surface area (Å²) in [5, 5.41) is 6.04. The SMILES string of the molecule is C=C(OC)O[Si](C)(C)C(C)(C)C.COC(=O)CC(C1CCN(C(=O)OC(C)(C)C)CC1)N1CCCN(c2c(C)ccc3cccnc23)CC1.Cc1ccc2cccnc2c1N1CCCNCC1.O=CC1CCCCC1. The molecule has 2 aromatic carbocycles. The molecule has 75 heavy (non-hydrogen) atoms. The Morgan fingerprint density at radius 3 is 1.81 bits per heavy atom. The maximum atomic E-state index is 12.6. The Hall–Kier alpha value is -5.25. The summed E-state index contributed by atoms with van der Waals surface area (Å²) in [6.45, 7) is 33.8. The standard InChI is InChI=1S/C29H42N4O4.C15H19N3.C9H20O2Si.C7H12O/c1-21-9-10-23-8-6-13-30-26(23)27(21)32-15-7-14-31(18-19-32)24(20-25(34)36-5)22-11-16-33(17-12-22)28(35)37-29(2,3)4;1-12-5-6-13-4-2-8-17-14(13)15(12)18-10-3-7-16-9-11-18;1-8(10-5)11-12(6,7)9(2,3)4;8-6-7-4-2-1-3-5-7/h6,8-10,13,22,24H,7,11-12,14-20H2,1-5H3;2,4-6,8,16H,3,7,9-11H2,1H3;1H2,2-7H3;6-7H,1-5H2. The number of carbonyl (C=O) groups excluding carboxylic acids is 3. The molecule has 0 bridgehead atoms. The van der Waals surface area contributed by atoms with Crippen molar-refractivity contribution in [2.45, 2.75) is 149 Å². The van der Waals surface area contributed by atoms with E-state index in [-0.39, 0.29) is 23.1 Å². The molecule has 2 aromatic heterocycles. The minimum absolute atomic E-state index is 0.0972. The number of likely N-dealkylation sites (tertiary alicyclic amines) is 1. The number of benzene rings is 2. The fraction of sp³-hybridized carbons (Fsp3) is 0.617. The number of aryl methyl sites for hydroxylation is 2.